The quantitative estimate of drug-likeness (QED) is 0.154. The van der Waals surface area contributed by atoms with E-state index in [4.69, 9.17) is 0 Å². The first-order valence-electron chi connectivity index (χ1n) is 26.0. The van der Waals surface area contributed by atoms with Crippen molar-refractivity contribution in [2.75, 3.05) is 5.32 Å². The van der Waals surface area contributed by atoms with Gasteiger partial charge in [-0.3, -0.25) is 9.36 Å². The average molecular weight is 952 g/mol. The fourth-order valence-electron chi connectivity index (χ4n) is 12.3. The molecule has 1 N–H and O–H groups in total. The molecule has 0 amide bonds. The predicted molar refractivity (Wildman–Crippen MR) is 313 cm³/mol. The standard InChI is InChI=1S/C70H53N3O/c1-44-23-26-49(27-24-44)53-31-35-66-61(40-53)60-39-52(48-19-11-6-12-20-48)30-34-65(60)72(66)55-32-36-67-70(3,43-55)63-42-54(41-62-56-21-13-14-22-57(56)69(74)73(67)68(62)63)71-64-33-29-51(47-17-9-5-10-18-47)38-59(64)58-37-50(28-25-45(58)2)46-15-7-4-8-16-46/h4-23,25-42,44,71H,24,43H2,1-3H3. The molecule has 354 valence electrons. The molecule has 4 nitrogen and oxygen atoms in total. The molecule has 2 atom stereocenters. The van der Waals surface area contributed by atoms with Gasteiger partial charge in [0.05, 0.1) is 16.6 Å². The van der Waals surface area contributed by atoms with E-state index >= 15 is 0 Å². The Labute approximate surface area is 431 Å². The normalized spacial score (nSPS) is 16.9. The van der Waals surface area contributed by atoms with Gasteiger partial charge in [-0.05, 0) is 166 Å². The number of pyridine rings is 1. The van der Waals surface area contributed by atoms with Crippen LogP contribution in [0, 0.1) is 12.8 Å². The van der Waals surface area contributed by atoms with Gasteiger partial charge in [-0.1, -0.05) is 165 Å². The van der Waals surface area contributed by atoms with Crippen molar-refractivity contribution < 1.29 is 0 Å². The number of nitrogens with zero attached hydrogens (tertiary/aromatic N) is 2. The topological polar surface area (TPSA) is 39.0 Å². The maximum Gasteiger partial charge on any atom is 0.263 e. The zero-order valence-electron chi connectivity index (χ0n) is 41.7. The zero-order chi connectivity index (χ0) is 49.7. The van der Waals surface area contributed by atoms with Gasteiger partial charge in [0.25, 0.3) is 5.56 Å². The Morgan fingerprint density at radius 3 is 1.77 bits per heavy atom. The molecule has 74 heavy (non-hydrogen) atoms. The molecule has 0 radical (unpaired) electrons. The summed E-state index contributed by atoms with van der Waals surface area (Å²) >= 11 is 0. The van der Waals surface area contributed by atoms with E-state index in [1.807, 2.05) is 16.7 Å². The monoisotopic (exact) mass is 951 g/mol. The fraction of sp³-hybridized carbons (Fsp3) is 0.100. The van der Waals surface area contributed by atoms with Gasteiger partial charge in [0.15, 0.2) is 0 Å². The number of hydrogen-bond acceptors (Lipinski definition) is 2. The van der Waals surface area contributed by atoms with Crippen molar-refractivity contribution in [1.29, 1.82) is 0 Å². The Bertz CT molecular complexity index is 4320. The Morgan fingerprint density at radius 2 is 1.11 bits per heavy atom. The fourth-order valence-corrected chi connectivity index (χ4v) is 12.3. The third-order valence-electron chi connectivity index (χ3n) is 16.2. The van der Waals surface area contributed by atoms with Gasteiger partial charge in [-0.25, -0.2) is 0 Å². The smallest absolute Gasteiger partial charge is 0.263 e. The number of fused-ring (bicyclic) bond motifs is 8. The lowest BCUT2D eigenvalue weighted by atomic mass is 9.74. The van der Waals surface area contributed by atoms with E-state index in [0.717, 1.165) is 56.5 Å². The van der Waals surface area contributed by atoms with Crippen LogP contribution < -0.4 is 10.9 Å². The van der Waals surface area contributed by atoms with Gasteiger partial charge < -0.3 is 9.88 Å². The van der Waals surface area contributed by atoms with Crippen molar-refractivity contribution >= 4 is 71.8 Å². The van der Waals surface area contributed by atoms with Gasteiger partial charge in [0.1, 0.15) is 0 Å². The molecule has 0 bridgehead atoms. The van der Waals surface area contributed by atoms with E-state index in [2.05, 4.69) is 249 Å². The van der Waals surface area contributed by atoms with Crippen LogP contribution in [0.5, 0.6) is 0 Å². The molecule has 3 aliphatic rings. The molecular formula is C70H53N3O. The first-order chi connectivity index (χ1) is 36.3. The van der Waals surface area contributed by atoms with Gasteiger partial charge in [0, 0.05) is 61.7 Å². The highest BCUT2D eigenvalue weighted by atomic mass is 16.1. The Balaban J connectivity index is 0.938. The summed E-state index contributed by atoms with van der Waals surface area (Å²) in [6.45, 7) is 6.83. The maximum absolute atomic E-state index is 15.0. The van der Waals surface area contributed by atoms with Crippen LogP contribution in [0.4, 0.5) is 11.4 Å². The first kappa shape index (κ1) is 43.8. The minimum absolute atomic E-state index is 0.0211. The largest absolute Gasteiger partial charge is 0.355 e. The van der Waals surface area contributed by atoms with Crippen LogP contribution >= 0.6 is 0 Å². The molecule has 0 saturated carbocycles. The van der Waals surface area contributed by atoms with Crippen LogP contribution in [-0.4, -0.2) is 9.13 Å². The lowest BCUT2D eigenvalue weighted by molar-refractivity contribution is 0.618. The van der Waals surface area contributed by atoms with E-state index in [1.165, 1.54) is 77.6 Å². The number of aromatic nitrogens is 2. The summed E-state index contributed by atoms with van der Waals surface area (Å²) in [6, 6.07) is 72.3. The highest BCUT2D eigenvalue weighted by Gasteiger charge is 2.44. The molecule has 1 aliphatic heterocycles. The van der Waals surface area contributed by atoms with Crippen molar-refractivity contribution in [2.45, 2.75) is 39.0 Å². The van der Waals surface area contributed by atoms with Crippen molar-refractivity contribution in [1.82, 2.24) is 9.13 Å². The van der Waals surface area contributed by atoms with Gasteiger partial charge in [-0.15, -0.1) is 0 Å². The van der Waals surface area contributed by atoms with Crippen molar-refractivity contribution in [3.05, 3.63) is 258 Å². The highest BCUT2D eigenvalue weighted by molar-refractivity contribution is 6.14. The maximum atomic E-state index is 15.0. The second-order valence-electron chi connectivity index (χ2n) is 20.9. The summed E-state index contributed by atoms with van der Waals surface area (Å²) in [5.74, 6) is 0.542. The van der Waals surface area contributed by atoms with Crippen LogP contribution in [0.1, 0.15) is 43.4 Å². The summed E-state index contributed by atoms with van der Waals surface area (Å²) < 4.78 is 4.52. The van der Waals surface area contributed by atoms with Gasteiger partial charge in [0.2, 0.25) is 0 Å². The molecule has 14 rings (SSSR count). The predicted octanol–water partition coefficient (Wildman–Crippen LogP) is 18.0. The van der Waals surface area contributed by atoms with Crippen molar-refractivity contribution in [2.24, 2.45) is 5.92 Å². The number of aryl methyl sites for hydroxylation is 1. The Hall–Kier alpha value is -8.99. The summed E-state index contributed by atoms with van der Waals surface area (Å²) in [4.78, 5) is 15.0. The van der Waals surface area contributed by atoms with Crippen molar-refractivity contribution in [3.8, 4) is 44.5 Å². The lowest BCUT2D eigenvalue weighted by Gasteiger charge is -2.32. The molecule has 0 spiro atoms. The molecule has 2 unspecified atom stereocenters. The second-order valence-corrected chi connectivity index (χ2v) is 20.9. The third-order valence-corrected chi connectivity index (χ3v) is 16.2. The van der Waals surface area contributed by atoms with Gasteiger partial charge >= 0.3 is 0 Å². The molecule has 0 fully saturated rings. The van der Waals surface area contributed by atoms with E-state index in [0.29, 0.717) is 17.7 Å². The highest BCUT2D eigenvalue weighted by Crippen LogP contribution is 2.54. The van der Waals surface area contributed by atoms with Crippen LogP contribution in [-0.2, 0) is 5.41 Å². The summed E-state index contributed by atoms with van der Waals surface area (Å²) in [7, 11) is 0. The number of benzene rings is 9. The second kappa shape index (κ2) is 17.1. The Morgan fingerprint density at radius 1 is 0.527 bits per heavy atom. The van der Waals surface area contributed by atoms with Crippen LogP contribution in [0.2, 0.25) is 0 Å². The summed E-state index contributed by atoms with van der Waals surface area (Å²) in [5, 5.41) is 9.21. The first-order valence-corrected chi connectivity index (χ1v) is 26.0. The molecular weight excluding hydrogens is 899 g/mol. The Kier molecular flexibility index (Phi) is 10.1. The SMILES string of the molecule is Cc1ccc(-c2ccccc2)cc1-c1cc(-c2ccccc2)ccc1Nc1cc2c3c(c1)c1ccccc1c(=O)n3C1=CC=C(n3c4ccc(C5=CCC(C)C=C5)cc4c4cc(-c5ccccc5)ccc43)CC12C. The molecule has 0 saturated heterocycles. The molecule has 9 aromatic carbocycles. The minimum atomic E-state index is -0.550. The molecule has 4 heteroatoms. The zero-order valence-corrected chi connectivity index (χ0v) is 41.7. The van der Waals surface area contributed by atoms with E-state index < -0.39 is 5.41 Å². The van der Waals surface area contributed by atoms with Crippen molar-refractivity contribution in [3.63, 3.8) is 0 Å². The minimum Gasteiger partial charge on any atom is -0.355 e. The van der Waals surface area contributed by atoms with Crippen LogP contribution in [0.25, 0.3) is 105 Å². The van der Waals surface area contributed by atoms with Gasteiger partial charge in [-0.2, -0.15) is 0 Å². The van der Waals surface area contributed by atoms with Crippen LogP contribution in [0.3, 0.4) is 0 Å². The summed E-state index contributed by atoms with van der Waals surface area (Å²) in [5.41, 5.74) is 21.2. The number of nitrogens with one attached hydrogen (secondary N) is 1. The lowest BCUT2D eigenvalue weighted by Crippen LogP contribution is -2.28. The molecule has 11 aromatic rings. The third kappa shape index (κ3) is 7.00. The van der Waals surface area contributed by atoms with Crippen LogP contribution in [0.15, 0.2) is 235 Å². The number of allylic oxidation sites excluding steroid dienone is 8. The summed E-state index contributed by atoms with van der Waals surface area (Å²) in [6.07, 6.45) is 13.2. The molecule has 2 aromatic heterocycles. The van der Waals surface area contributed by atoms with E-state index in [-0.39, 0.29) is 5.56 Å². The van der Waals surface area contributed by atoms with E-state index in [1.54, 1.807) is 0 Å². The van der Waals surface area contributed by atoms with E-state index in [9.17, 15) is 4.79 Å². The molecule has 2 aliphatic carbocycles. The number of anilines is 2. The average Bonchev–Trinajstić information content (AvgIpc) is 3.92. The number of hydrogen-bond donors (Lipinski definition) is 1. The molecule has 3 heterocycles. The number of rotatable bonds is 8.